The van der Waals surface area contributed by atoms with Gasteiger partial charge in [-0.3, -0.25) is 15.2 Å². The minimum atomic E-state index is -0.999. The zero-order chi connectivity index (χ0) is 23.4. The molecule has 3 aromatic carbocycles. The van der Waals surface area contributed by atoms with E-state index in [4.69, 9.17) is 21.4 Å². The number of hydrazine groups is 1. The third-order valence-corrected chi connectivity index (χ3v) is 5.47. The molecule has 1 aromatic heterocycles. The number of hydrogen-bond acceptors (Lipinski definition) is 4. The average molecular weight is 464 g/mol. The monoisotopic (exact) mass is 463 g/mol. The maximum atomic E-state index is 13.1. The Morgan fingerprint density at radius 1 is 1.03 bits per heavy atom. The third-order valence-electron chi connectivity index (χ3n) is 5.22. The number of para-hydroxylation sites is 1. The van der Waals surface area contributed by atoms with Gasteiger partial charge in [0, 0.05) is 23.7 Å². The average Bonchev–Trinajstić information content (AvgIpc) is 3.23. The van der Waals surface area contributed by atoms with Crippen molar-refractivity contribution in [1.29, 1.82) is 0 Å². The van der Waals surface area contributed by atoms with Gasteiger partial charge in [0.2, 0.25) is 0 Å². The summed E-state index contributed by atoms with van der Waals surface area (Å²) in [6.07, 6.45) is 1.93. The number of halogens is 1. The van der Waals surface area contributed by atoms with E-state index in [1.807, 2.05) is 41.1 Å². The van der Waals surface area contributed by atoms with Gasteiger partial charge >= 0.3 is 5.97 Å². The van der Waals surface area contributed by atoms with E-state index in [-0.39, 0.29) is 11.5 Å². The van der Waals surface area contributed by atoms with E-state index in [9.17, 15) is 9.59 Å². The lowest BCUT2D eigenvalue weighted by molar-refractivity contribution is 0.0696. The lowest BCUT2D eigenvalue weighted by atomic mass is 10.1. The summed E-state index contributed by atoms with van der Waals surface area (Å²) >= 11 is 5.91. The summed E-state index contributed by atoms with van der Waals surface area (Å²) in [6, 6.07) is 21.0. The smallest absolute Gasteiger partial charge is 0.335 e. The SMILES string of the molecule is CN(NC(=O)c1cccc2ccn(CCOc3ccc(Cl)cc3)c12)c1ccc(C(=O)O)cc1. The highest BCUT2D eigenvalue weighted by atomic mass is 35.5. The molecule has 4 aromatic rings. The molecule has 168 valence electrons. The van der Waals surface area contributed by atoms with Crippen LogP contribution >= 0.6 is 11.6 Å². The molecule has 1 heterocycles. The largest absolute Gasteiger partial charge is 0.492 e. The molecule has 0 bridgehead atoms. The number of anilines is 1. The van der Waals surface area contributed by atoms with Gasteiger partial charge in [-0.05, 0) is 60.7 Å². The summed E-state index contributed by atoms with van der Waals surface area (Å²) in [5.74, 6) is -0.547. The van der Waals surface area contributed by atoms with Gasteiger partial charge in [-0.2, -0.15) is 0 Å². The van der Waals surface area contributed by atoms with Gasteiger partial charge in [-0.1, -0.05) is 23.7 Å². The number of carboxylic acid groups (broad SMARTS) is 1. The van der Waals surface area contributed by atoms with Gasteiger partial charge in [0.05, 0.1) is 28.9 Å². The first-order valence-electron chi connectivity index (χ1n) is 10.3. The Morgan fingerprint density at radius 2 is 1.76 bits per heavy atom. The third kappa shape index (κ3) is 5.10. The van der Waals surface area contributed by atoms with Crippen LogP contribution in [-0.4, -0.2) is 35.2 Å². The zero-order valence-electron chi connectivity index (χ0n) is 17.9. The number of carbonyl (C=O) groups is 2. The first-order chi connectivity index (χ1) is 15.9. The summed E-state index contributed by atoms with van der Waals surface area (Å²) in [7, 11) is 1.70. The van der Waals surface area contributed by atoms with Crippen molar-refractivity contribution in [3.05, 3.63) is 95.1 Å². The molecule has 4 rings (SSSR count). The molecule has 0 aliphatic carbocycles. The number of fused-ring (bicyclic) bond motifs is 1. The highest BCUT2D eigenvalue weighted by Gasteiger charge is 2.15. The van der Waals surface area contributed by atoms with Crippen molar-refractivity contribution < 1.29 is 19.4 Å². The molecule has 0 spiro atoms. The van der Waals surface area contributed by atoms with Crippen LogP contribution in [-0.2, 0) is 6.54 Å². The van der Waals surface area contributed by atoms with Crippen LogP contribution in [0.25, 0.3) is 10.9 Å². The van der Waals surface area contributed by atoms with Gasteiger partial charge in [0.25, 0.3) is 5.91 Å². The molecule has 1 amide bonds. The van der Waals surface area contributed by atoms with Gasteiger partial charge in [-0.25, -0.2) is 4.79 Å². The van der Waals surface area contributed by atoms with Gasteiger partial charge in [0.15, 0.2) is 0 Å². The minimum absolute atomic E-state index is 0.182. The van der Waals surface area contributed by atoms with E-state index in [2.05, 4.69) is 5.43 Å². The summed E-state index contributed by atoms with van der Waals surface area (Å²) in [5, 5.41) is 12.2. The van der Waals surface area contributed by atoms with Gasteiger partial charge < -0.3 is 14.4 Å². The second-order valence-corrected chi connectivity index (χ2v) is 7.84. The van der Waals surface area contributed by atoms with Gasteiger partial charge in [0.1, 0.15) is 12.4 Å². The predicted octanol–water partition coefficient (Wildman–Crippen LogP) is 4.85. The molecule has 0 atom stereocenters. The summed E-state index contributed by atoms with van der Waals surface area (Å²) in [5.41, 5.74) is 5.02. The number of carbonyl (C=O) groups excluding carboxylic acids is 1. The fourth-order valence-corrected chi connectivity index (χ4v) is 3.65. The van der Waals surface area contributed by atoms with Crippen LogP contribution in [0.3, 0.4) is 0 Å². The molecular formula is C25H22ClN3O4. The van der Waals surface area contributed by atoms with Crippen LogP contribution in [0.4, 0.5) is 5.69 Å². The quantitative estimate of drug-likeness (QED) is 0.365. The molecule has 0 unspecified atom stereocenters. The van der Waals surface area contributed by atoms with Crippen LogP contribution in [0.15, 0.2) is 79.0 Å². The van der Waals surface area contributed by atoms with E-state index in [0.29, 0.717) is 29.4 Å². The van der Waals surface area contributed by atoms with E-state index >= 15 is 0 Å². The van der Waals surface area contributed by atoms with Crippen LogP contribution in [0, 0.1) is 0 Å². The predicted molar refractivity (Wildman–Crippen MR) is 128 cm³/mol. The standard InChI is InChI=1S/C25H22ClN3O4/c1-28(20-9-5-18(6-10-20)25(31)32)27-24(30)22-4-2-3-17-13-14-29(23(17)22)15-16-33-21-11-7-19(26)8-12-21/h2-14H,15-16H2,1H3,(H,27,30)(H,31,32). The molecule has 8 heteroatoms. The second-order valence-electron chi connectivity index (χ2n) is 7.41. The van der Waals surface area contributed by atoms with Crippen molar-refractivity contribution >= 4 is 40.1 Å². The first-order valence-corrected chi connectivity index (χ1v) is 10.6. The highest BCUT2D eigenvalue weighted by Crippen LogP contribution is 2.22. The lowest BCUT2D eigenvalue weighted by Gasteiger charge is -2.21. The number of benzene rings is 3. The summed E-state index contributed by atoms with van der Waals surface area (Å²) in [6.45, 7) is 0.986. The summed E-state index contributed by atoms with van der Waals surface area (Å²) < 4.78 is 7.79. The maximum Gasteiger partial charge on any atom is 0.335 e. The number of nitrogens with zero attached hydrogens (tertiary/aromatic N) is 2. The Bertz CT molecular complexity index is 1280. The Labute approximate surface area is 195 Å². The number of hydrogen-bond donors (Lipinski definition) is 2. The zero-order valence-corrected chi connectivity index (χ0v) is 18.6. The number of rotatable bonds is 8. The molecular weight excluding hydrogens is 442 g/mol. The molecule has 0 saturated carbocycles. The normalized spacial score (nSPS) is 10.7. The van der Waals surface area contributed by atoms with E-state index in [1.165, 1.54) is 12.1 Å². The molecule has 0 aliphatic heterocycles. The Balaban J connectivity index is 1.48. The van der Waals surface area contributed by atoms with Crippen molar-refractivity contribution in [3.63, 3.8) is 0 Å². The van der Waals surface area contributed by atoms with Crippen LogP contribution in [0.5, 0.6) is 5.75 Å². The highest BCUT2D eigenvalue weighted by molar-refractivity contribution is 6.30. The van der Waals surface area contributed by atoms with E-state index in [0.717, 1.165) is 16.7 Å². The number of aromatic carboxylic acids is 1. The second kappa shape index (κ2) is 9.67. The Hall–Kier alpha value is -3.97. The van der Waals surface area contributed by atoms with E-state index in [1.54, 1.807) is 42.4 Å². The minimum Gasteiger partial charge on any atom is -0.492 e. The Kier molecular flexibility index (Phi) is 6.51. The summed E-state index contributed by atoms with van der Waals surface area (Å²) in [4.78, 5) is 24.1. The van der Waals surface area contributed by atoms with Gasteiger partial charge in [-0.15, -0.1) is 0 Å². The van der Waals surface area contributed by atoms with E-state index < -0.39 is 5.97 Å². The maximum absolute atomic E-state index is 13.1. The topological polar surface area (TPSA) is 83.8 Å². The molecule has 0 fully saturated rings. The molecule has 0 radical (unpaired) electrons. The fourth-order valence-electron chi connectivity index (χ4n) is 3.53. The van der Waals surface area contributed by atoms with Crippen LogP contribution in [0.1, 0.15) is 20.7 Å². The van der Waals surface area contributed by atoms with Crippen molar-refractivity contribution in [2.24, 2.45) is 0 Å². The lowest BCUT2D eigenvalue weighted by Crippen LogP contribution is -2.39. The number of aromatic nitrogens is 1. The number of ether oxygens (including phenoxy) is 1. The Morgan fingerprint density at radius 3 is 2.45 bits per heavy atom. The van der Waals surface area contributed by atoms with Crippen LogP contribution in [0.2, 0.25) is 5.02 Å². The van der Waals surface area contributed by atoms with Crippen LogP contribution < -0.4 is 15.2 Å². The number of carboxylic acids is 1. The van der Waals surface area contributed by atoms with Crippen molar-refractivity contribution in [2.75, 3.05) is 18.7 Å². The molecule has 2 N–H and O–H groups in total. The first kappa shape index (κ1) is 22.2. The molecule has 33 heavy (non-hydrogen) atoms. The molecule has 0 aliphatic rings. The number of nitrogens with one attached hydrogen (secondary N) is 1. The van der Waals surface area contributed by atoms with Crippen molar-refractivity contribution in [1.82, 2.24) is 9.99 Å². The molecule has 7 nitrogen and oxygen atoms in total. The number of amides is 1. The fraction of sp³-hybridized carbons (Fsp3) is 0.120. The molecule has 0 saturated heterocycles. The van der Waals surface area contributed by atoms with Crippen molar-refractivity contribution in [3.8, 4) is 5.75 Å². The van der Waals surface area contributed by atoms with Crippen molar-refractivity contribution in [2.45, 2.75) is 6.54 Å².